The van der Waals surface area contributed by atoms with Gasteiger partial charge in [-0.25, -0.2) is 4.79 Å². The number of nitrogens with one attached hydrogen (secondary N) is 2. The maximum atomic E-state index is 12.2. The Bertz CT molecular complexity index is 1100. The van der Waals surface area contributed by atoms with E-state index in [2.05, 4.69) is 39.8 Å². The zero-order valence-corrected chi connectivity index (χ0v) is 21.7. The van der Waals surface area contributed by atoms with E-state index in [0.717, 1.165) is 69.5 Å². The molecule has 2 aliphatic rings. The number of carbonyl (C=O) groups is 1. The van der Waals surface area contributed by atoms with Gasteiger partial charge in [0.15, 0.2) is 0 Å². The van der Waals surface area contributed by atoms with Crippen molar-refractivity contribution in [3.05, 3.63) is 65.7 Å². The number of ether oxygens (including phenoxy) is 1. The highest BCUT2D eigenvalue weighted by Gasteiger charge is 2.52. The smallest absolute Gasteiger partial charge is 0.314 e. The number of hydrogen-bond acceptors (Lipinski definition) is 5. The number of nitriles is 2. The molecule has 37 heavy (non-hydrogen) atoms. The third kappa shape index (κ3) is 6.06. The number of carbonyl (C=O) groups excluding carboxylic acids is 1. The Labute approximate surface area is 220 Å². The minimum Gasteiger partial charge on any atom is -0.494 e. The van der Waals surface area contributed by atoms with Gasteiger partial charge in [0, 0.05) is 25.6 Å². The molecule has 1 aliphatic carbocycles. The number of hydrogen-bond donors (Lipinski definition) is 2. The van der Waals surface area contributed by atoms with E-state index in [9.17, 15) is 10.1 Å². The summed E-state index contributed by atoms with van der Waals surface area (Å²) in [6, 6.07) is 22.3. The highest BCUT2D eigenvalue weighted by atomic mass is 16.5. The molecular formula is C30H37N5O2. The van der Waals surface area contributed by atoms with Crippen LogP contribution in [0.4, 0.5) is 4.79 Å². The molecule has 2 unspecified atom stereocenters. The minimum absolute atomic E-state index is 0.00258. The number of urea groups is 1. The first-order valence-electron chi connectivity index (χ1n) is 13.4. The molecule has 1 heterocycles. The topological polar surface area (TPSA) is 101 Å². The van der Waals surface area contributed by atoms with Gasteiger partial charge >= 0.3 is 6.03 Å². The Morgan fingerprint density at radius 3 is 2.43 bits per heavy atom. The van der Waals surface area contributed by atoms with Crippen molar-refractivity contribution < 1.29 is 9.53 Å². The molecule has 2 aromatic rings. The average Bonchev–Trinajstić information content (AvgIpc) is 3.41. The predicted octanol–water partition coefficient (Wildman–Crippen LogP) is 4.60. The van der Waals surface area contributed by atoms with Crippen molar-refractivity contribution in [2.24, 2.45) is 11.8 Å². The summed E-state index contributed by atoms with van der Waals surface area (Å²) >= 11 is 0. The molecule has 0 bridgehead atoms. The van der Waals surface area contributed by atoms with Crippen molar-refractivity contribution in [3.8, 4) is 17.9 Å². The van der Waals surface area contributed by atoms with Crippen LogP contribution >= 0.6 is 0 Å². The zero-order valence-electron chi connectivity index (χ0n) is 21.7. The fourth-order valence-electron chi connectivity index (χ4n) is 6.34. The minimum atomic E-state index is -0.617. The maximum Gasteiger partial charge on any atom is 0.314 e. The van der Waals surface area contributed by atoms with Crippen molar-refractivity contribution in [1.29, 1.82) is 10.5 Å². The molecule has 4 rings (SSSR count). The first kappa shape index (κ1) is 26.5. The van der Waals surface area contributed by atoms with E-state index >= 15 is 0 Å². The molecule has 0 radical (unpaired) electrons. The number of nitrogens with zero attached hydrogens (tertiary/aromatic N) is 3. The van der Waals surface area contributed by atoms with Crippen LogP contribution in [0.3, 0.4) is 0 Å². The molecule has 1 aliphatic heterocycles. The van der Waals surface area contributed by atoms with Crippen LogP contribution in [0, 0.1) is 34.5 Å². The Kier molecular flexibility index (Phi) is 9.04. The van der Waals surface area contributed by atoms with Crippen molar-refractivity contribution in [1.82, 2.24) is 15.5 Å². The lowest BCUT2D eigenvalue weighted by Crippen LogP contribution is -2.53. The molecular weight excluding hydrogens is 462 g/mol. The standard InChI is InChI=1S/C30H37N5O2/c1-33-29(36)34-28-10-5-9-27(28)30(22-32,24-7-3-2-4-8-24)25-15-18-35(19-16-25)17-6-20-37-26-13-11-23(21-31)12-14-26/h2-4,7-8,11-14,25,27-28H,5-6,9-10,15-20H2,1H3,(H2,33,34,36)/t27-,28?,30?/m1/s1. The van der Waals surface area contributed by atoms with Gasteiger partial charge in [-0.15, -0.1) is 0 Å². The summed E-state index contributed by atoms with van der Waals surface area (Å²) in [7, 11) is 1.64. The third-order valence-corrected chi connectivity index (χ3v) is 8.18. The van der Waals surface area contributed by atoms with E-state index in [1.807, 2.05) is 30.3 Å². The van der Waals surface area contributed by atoms with Gasteiger partial charge in [0.2, 0.25) is 0 Å². The second kappa shape index (κ2) is 12.6. The lowest BCUT2D eigenvalue weighted by Gasteiger charge is -2.46. The molecule has 2 fully saturated rings. The van der Waals surface area contributed by atoms with Gasteiger partial charge in [-0.05, 0) is 80.9 Å². The molecule has 7 heteroatoms. The molecule has 194 valence electrons. The molecule has 3 atom stereocenters. The fourth-order valence-corrected chi connectivity index (χ4v) is 6.34. The van der Waals surface area contributed by atoms with Crippen LogP contribution in [0.15, 0.2) is 54.6 Å². The van der Waals surface area contributed by atoms with Crippen LogP contribution in [0.5, 0.6) is 5.75 Å². The number of benzene rings is 2. The highest BCUT2D eigenvalue weighted by molar-refractivity contribution is 5.74. The van der Waals surface area contributed by atoms with Gasteiger partial charge in [0.05, 0.1) is 29.7 Å². The van der Waals surface area contributed by atoms with E-state index in [0.29, 0.717) is 12.2 Å². The van der Waals surface area contributed by atoms with E-state index < -0.39 is 5.41 Å². The SMILES string of the molecule is CNC(=O)NC1CCC[C@H]1C(C#N)(c1ccccc1)C1CCN(CCCOc2ccc(C#N)cc2)CC1. The van der Waals surface area contributed by atoms with Crippen molar-refractivity contribution in [2.75, 3.05) is 33.3 Å². The lowest BCUT2D eigenvalue weighted by molar-refractivity contribution is 0.107. The van der Waals surface area contributed by atoms with Crippen LogP contribution < -0.4 is 15.4 Å². The molecule has 1 saturated heterocycles. The lowest BCUT2D eigenvalue weighted by atomic mass is 9.59. The molecule has 2 aromatic carbocycles. The van der Waals surface area contributed by atoms with Gasteiger partial charge in [-0.1, -0.05) is 36.8 Å². The van der Waals surface area contributed by atoms with Crippen molar-refractivity contribution in [2.45, 2.75) is 50.0 Å². The summed E-state index contributed by atoms with van der Waals surface area (Å²) in [6.07, 6.45) is 5.72. The van der Waals surface area contributed by atoms with Gasteiger partial charge in [-0.2, -0.15) is 10.5 Å². The number of likely N-dealkylation sites (tertiary alicyclic amines) is 1. The van der Waals surface area contributed by atoms with E-state index in [-0.39, 0.29) is 23.9 Å². The Morgan fingerprint density at radius 2 is 1.78 bits per heavy atom. The van der Waals surface area contributed by atoms with Crippen molar-refractivity contribution >= 4 is 6.03 Å². The number of rotatable bonds is 9. The van der Waals surface area contributed by atoms with Crippen LogP contribution in [0.2, 0.25) is 0 Å². The molecule has 2 N–H and O–H groups in total. The van der Waals surface area contributed by atoms with E-state index in [1.54, 1.807) is 19.2 Å². The molecule has 0 spiro atoms. The highest BCUT2D eigenvalue weighted by Crippen LogP contribution is 2.50. The largest absolute Gasteiger partial charge is 0.494 e. The first-order chi connectivity index (χ1) is 18.1. The predicted molar refractivity (Wildman–Crippen MR) is 143 cm³/mol. The summed E-state index contributed by atoms with van der Waals surface area (Å²) in [5.41, 5.74) is 1.10. The normalized spacial score (nSPS) is 21.8. The first-order valence-corrected chi connectivity index (χ1v) is 13.4. The molecule has 0 aromatic heterocycles. The van der Waals surface area contributed by atoms with Crippen molar-refractivity contribution in [3.63, 3.8) is 0 Å². The quantitative estimate of drug-likeness (QED) is 0.491. The van der Waals surface area contributed by atoms with Gasteiger partial charge in [-0.3, -0.25) is 0 Å². The Morgan fingerprint density at radius 1 is 1.05 bits per heavy atom. The number of piperidine rings is 1. The number of amides is 2. The summed E-state index contributed by atoms with van der Waals surface area (Å²) in [6.45, 7) is 3.50. The van der Waals surface area contributed by atoms with E-state index in [1.165, 1.54) is 0 Å². The monoisotopic (exact) mass is 499 g/mol. The Balaban J connectivity index is 1.39. The van der Waals surface area contributed by atoms with Gasteiger partial charge < -0.3 is 20.3 Å². The van der Waals surface area contributed by atoms with Crippen LogP contribution in [-0.2, 0) is 5.41 Å². The Hall–Kier alpha value is -3.55. The van der Waals surface area contributed by atoms with E-state index in [4.69, 9.17) is 10.00 Å². The third-order valence-electron chi connectivity index (χ3n) is 8.18. The molecule has 2 amide bonds. The maximum absolute atomic E-state index is 12.2. The fraction of sp³-hybridized carbons (Fsp3) is 0.500. The molecule has 1 saturated carbocycles. The van der Waals surface area contributed by atoms with Gasteiger partial charge in [0.1, 0.15) is 5.75 Å². The van der Waals surface area contributed by atoms with Crippen LogP contribution in [0.25, 0.3) is 0 Å². The molecule has 7 nitrogen and oxygen atoms in total. The van der Waals surface area contributed by atoms with Gasteiger partial charge in [0.25, 0.3) is 0 Å². The van der Waals surface area contributed by atoms with Crippen LogP contribution in [-0.4, -0.2) is 50.3 Å². The summed E-state index contributed by atoms with van der Waals surface area (Å²) in [5.74, 6) is 1.12. The summed E-state index contributed by atoms with van der Waals surface area (Å²) in [5, 5.41) is 25.6. The second-order valence-corrected chi connectivity index (χ2v) is 10.2. The zero-order chi connectivity index (χ0) is 26.1. The van der Waals surface area contributed by atoms with Crippen LogP contribution in [0.1, 0.15) is 49.7 Å². The average molecular weight is 500 g/mol. The second-order valence-electron chi connectivity index (χ2n) is 10.2. The summed E-state index contributed by atoms with van der Waals surface area (Å²) < 4.78 is 5.85. The summed E-state index contributed by atoms with van der Waals surface area (Å²) in [4.78, 5) is 14.7.